The first kappa shape index (κ1) is 19.4. The molecule has 0 aliphatic rings. The Morgan fingerprint density at radius 3 is 1.78 bits per heavy atom. The minimum absolute atomic E-state index is 0.167. The molecule has 0 unspecified atom stereocenters. The van der Waals surface area contributed by atoms with Crippen molar-refractivity contribution >= 4 is 27.4 Å². The monoisotopic (exact) mass is 405 g/mol. The summed E-state index contributed by atoms with van der Waals surface area (Å²) in [6, 6.07) is 19.6. The van der Waals surface area contributed by atoms with Gasteiger partial charge in [0.25, 0.3) is 10.1 Å². The molecule has 3 aromatic carbocycles. The highest BCUT2D eigenvalue weighted by molar-refractivity contribution is 7.85. The largest absolute Gasteiger partial charge is 0.363 e. The number of hydrogen-bond donors (Lipinski definition) is 1. The third-order valence-electron chi connectivity index (χ3n) is 4.07. The van der Waals surface area contributed by atoms with Crippen LogP contribution in [0.3, 0.4) is 0 Å². The van der Waals surface area contributed by atoms with Crippen molar-refractivity contribution in [1.29, 1.82) is 0 Å². The van der Waals surface area contributed by atoms with Gasteiger partial charge in [-0.2, -0.15) is 8.42 Å². The zero-order valence-electron chi connectivity index (χ0n) is 14.2. The van der Waals surface area contributed by atoms with Gasteiger partial charge < -0.3 is 4.90 Å². The van der Waals surface area contributed by atoms with Gasteiger partial charge in [-0.3, -0.25) is 4.55 Å². The molecule has 1 N–H and O–H groups in total. The standard InChI is InChI=1S/C20H17ClFNO3S/c21-17-5-1-15(2-6-17)13-23(14-16-3-7-18(22)8-4-16)19-9-11-20(12-10-19)27(24,25)26/h1-12H,13-14H2,(H,24,25,26). The van der Waals surface area contributed by atoms with Crippen molar-refractivity contribution in [2.75, 3.05) is 4.90 Å². The van der Waals surface area contributed by atoms with Gasteiger partial charge in [-0.1, -0.05) is 35.9 Å². The molecular weight excluding hydrogens is 389 g/mol. The lowest BCUT2D eigenvalue weighted by atomic mass is 10.1. The summed E-state index contributed by atoms with van der Waals surface area (Å²) in [6.07, 6.45) is 0. The molecule has 0 heterocycles. The van der Waals surface area contributed by atoms with Crippen LogP contribution in [0, 0.1) is 5.82 Å². The Balaban J connectivity index is 1.90. The van der Waals surface area contributed by atoms with Gasteiger partial charge in [-0.15, -0.1) is 0 Å². The highest BCUT2D eigenvalue weighted by Crippen LogP contribution is 2.23. The number of benzene rings is 3. The van der Waals surface area contributed by atoms with Crippen LogP contribution in [0.25, 0.3) is 0 Å². The number of halogens is 2. The molecule has 7 heteroatoms. The SMILES string of the molecule is O=S(=O)(O)c1ccc(N(Cc2ccc(F)cc2)Cc2ccc(Cl)cc2)cc1. The fourth-order valence-corrected chi connectivity index (χ4v) is 3.29. The van der Waals surface area contributed by atoms with E-state index in [-0.39, 0.29) is 10.7 Å². The van der Waals surface area contributed by atoms with Crippen LogP contribution in [-0.4, -0.2) is 13.0 Å². The third kappa shape index (κ3) is 5.29. The summed E-state index contributed by atoms with van der Waals surface area (Å²) >= 11 is 5.94. The first-order valence-corrected chi connectivity index (χ1v) is 9.94. The van der Waals surface area contributed by atoms with Gasteiger partial charge in [-0.25, -0.2) is 4.39 Å². The Hall–Kier alpha value is -2.41. The number of hydrogen-bond acceptors (Lipinski definition) is 3. The lowest BCUT2D eigenvalue weighted by Gasteiger charge is -2.25. The van der Waals surface area contributed by atoms with Crippen molar-refractivity contribution in [3.05, 3.63) is 94.8 Å². The highest BCUT2D eigenvalue weighted by Gasteiger charge is 2.13. The Kier molecular flexibility index (Phi) is 5.79. The molecule has 0 aromatic heterocycles. The molecule has 0 bridgehead atoms. The van der Waals surface area contributed by atoms with Crippen molar-refractivity contribution in [1.82, 2.24) is 0 Å². The van der Waals surface area contributed by atoms with E-state index in [9.17, 15) is 12.8 Å². The molecule has 0 atom stereocenters. The second kappa shape index (κ2) is 8.08. The van der Waals surface area contributed by atoms with E-state index in [1.54, 1.807) is 36.4 Å². The molecular formula is C20H17ClFNO3S. The molecule has 0 amide bonds. The summed E-state index contributed by atoms with van der Waals surface area (Å²) < 4.78 is 44.8. The molecule has 0 spiro atoms. The molecule has 4 nitrogen and oxygen atoms in total. The Morgan fingerprint density at radius 2 is 1.30 bits per heavy atom. The van der Waals surface area contributed by atoms with Gasteiger partial charge in [0.1, 0.15) is 5.82 Å². The van der Waals surface area contributed by atoms with Crippen molar-refractivity contribution in [3.63, 3.8) is 0 Å². The highest BCUT2D eigenvalue weighted by atomic mass is 35.5. The normalized spacial score (nSPS) is 11.4. The summed E-state index contributed by atoms with van der Waals surface area (Å²) in [5.74, 6) is -0.305. The number of rotatable bonds is 6. The maximum absolute atomic E-state index is 13.2. The summed E-state index contributed by atoms with van der Waals surface area (Å²) in [7, 11) is -4.25. The summed E-state index contributed by atoms with van der Waals surface area (Å²) in [4.78, 5) is 1.85. The minimum atomic E-state index is -4.25. The average Bonchev–Trinajstić information content (AvgIpc) is 2.64. The molecule has 0 aliphatic heterocycles. The van der Waals surface area contributed by atoms with Crippen molar-refractivity contribution in [2.45, 2.75) is 18.0 Å². The predicted molar refractivity (Wildman–Crippen MR) is 104 cm³/mol. The summed E-state index contributed by atoms with van der Waals surface area (Å²) in [5.41, 5.74) is 2.69. The minimum Gasteiger partial charge on any atom is -0.363 e. The fourth-order valence-electron chi connectivity index (χ4n) is 2.69. The van der Waals surface area contributed by atoms with Crippen LogP contribution in [-0.2, 0) is 23.2 Å². The average molecular weight is 406 g/mol. The van der Waals surface area contributed by atoms with Crippen LogP contribution in [0.2, 0.25) is 5.02 Å². The molecule has 3 aromatic rings. The van der Waals surface area contributed by atoms with E-state index in [4.69, 9.17) is 16.2 Å². The van der Waals surface area contributed by atoms with Crippen LogP contribution in [0.15, 0.2) is 77.7 Å². The van der Waals surface area contributed by atoms with Gasteiger partial charge >= 0.3 is 0 Å². The Labute approximate surface area is 162 Å². The Morgan fingerprint density at radius 1 is 0.815 bits per heavy atom. The smallest absolute Gasteiger partial charge is 0.294 e. The van der Waals surface area contributed by atoms with Crippen LogP contribution in [0.5, 0.6) is 0 Å². The van der Waals surface area contributed by atoms with Crippen LogP contribution in [0.4, 0.5) is 10.1 Å². The van der Waals surface area contributed by atoms with Gasteiger partial charge in [-0.05, 0) is 59.7 Å². The number of nitrogens with zero attached hydrogens (tertiary/aromatic N) is 1. The zero-order chi connectivity index (χ0) is 19.4. The maximum atomic E-state index is 13.2. The molecule has 3 rings (SSSR count). The van der Waals surface area contributed by atoms with E-state index >= 15 is 0 Å². The van der Waals surface area contributed by atoms with Crippen molar-refractivity contribution in [3.8, 4) is 0 Å². The lowest BCUT2D eigenvalue weighted by Crippen LogP contribution is -2.22. The second-order valence-corrected chi connectivity index (χ2v) is 7.94. The first-order chi connectivity index (χ1) is 12.8. The summed E-state index contributed by atoms with van der Waals surface area (Å²) in [6.45, 7) is 1.04. The first-order valence-electron chi connectivity index (χ1n) is 8.13. The van der Waals surface area contributed by atoms with Crippen molar-refractivity contribution < 1.29 is 17.4 Å². The molecule has 0 radical (unpaired) electrons. The van der Waals surface area contributed by atoms with Gasteiger partial charge in [0, 0.05) is 23.8 Å². The van der Waals surface area contributed by atoms with E-state index in [0.29, 0.717) is 18.1 Å². The molecule has 0 fully saturated rings. The van der Waals surface area contributed by atoms with E-state index in [1.165, 1.54) is 24.3 Å². The molecule has 0 aliphatic carbocycles. The zero-order valence-corrected chi connectivity index (χ0v) is 15.8. The third-order valence-corrected chi connectivity index (χ3v) is 5.19. The molecule has 0 saturated heterocycles. The van der Waals surface area contributed by atoms with Gasteiger partial charge in [0.2, 0.25) is 0 Å². The second-order valence-electron chi connectivity index (χ2n) is 6.08. The quantitative estimate of drug-likeness (QED) is 0.590. The predicted octanol–water partition coefficient (Wildman–Crippen LogP) is 4.93. The van der Waals surface area contributed by atoms with Crippen LogP contribution >= 0.6 is 11.6 Å². The van der Waals surface area contributed by atoms with Crippen LogP contribution < -0.4 is 4.90 Å². The van der Waals surface area contributed by atoms with Gasteiger partial charge in [0.05, 0.1) is 4.90 Å². The molecule has 0 saturated carbocycles. The van der Waals surface area contributed by atoms with Gasteiger partial charge in [0.15, 0.2) is 0 Å². The van der Waals surface area contributed by atoms with Crippen LogP contribution in [0.1, 0.15) is 11.1 Å². The summed E-state index contributed by atoms with van der Waals surface area (Å²) in [5, 5.41) is 0.640. The van der Waals surface area contributed by atoms with E-state index in [1.807, 2.05) is 17.0 Å². The Bertz CT molecular complexity index is 957. The molecule has 27 heavy (non-hydrogen) atoms. The lowest BCUT2D eigenvalue weighted by molar-refractivity contribution is 0.483. The number of anilines is 1. The van der Waals surface area contributed by atoms with Crippen molar-refractivity contribution in [2.24, 2.45) is 0 Å². The van der Waals surface area contributed by atoms with E-state index < -0.39 is 10.1 Å². The fraction of sp³-hybridized carbons (Fsp3) is 0.100. The maximum Gasteiger partial charge on any atom is 0.294 e. The van der Waals surface area contributed by atoms with E-state index in [0.717, 1.165) is 16.8 Å². The van der Waals surface area contributed by atoms with E-state index in [2.05, 4.69) is 0 Å². The topological polar surface area (TPSA) is 57.6 Å². The molecule has 140 valence electrons.